The van der Waals surface area contributed by atoms with Crippen LogP contribution in [-0.4, -0.2) is 29.1 Å². The third kappa shape index (κ3) is 13.7. The lowest BCUT2D eigenvalue weighted by atomic mass is 10.2. The first kappa shape index (κ1) is 14.2. The van der Waals surface area contributed by atoms with Crippen LogP contribution in [0.4, 0.5) is 0 Å². The molecule has 0 aromatic heterocycles. The number of unbranched alkanes of at least 4 members (excludes halogenated alkanes) is 2. The van der Waals surface area contributed by atoms with Crippen molar-refractivity contribution >= 4 is 11.9 Å². The molecule has 6 heteroatoms. The van der Waals surface area contributed by atoms with Crippen LogP contribution >= 0.6 is 0 Å². The summed E-state index contributed by atoms with van der Waals surface area (Å²) in [5, 5.41) is 8.29. The molecule has 0 heterocycles. The molecule has 78 valence electrons. The fourth-order valence-corrected chi connectivity index (χ4v) is 0.773. The number of carboxylic acids is 1. The zero-order valence-electron chi connectivity index (χ0n) is 7.49. The second-order valence-electron chi connectivity index (χ2n) is 2.51. The lowest BCUT2D eigenvalue weighted by Gasteiger charge is -1.95. The highest BCUT2D eigenvalue weighted by Crippen LogP contribution is 1.99. The van der Waals surface area contributed by atoms with Crippen LogP contribution in [-0.2, 0) is 4.79 Å². The molecule has 0 unspecified atom stereocenters. The highest BCUT2D eigenvalue weighted by atomic mass is 16.4. The molecule has 0 fully saturated rings. The van der Waals surface area contributed by atoms with Gasteiger partial charge in [-0.25, -0.2) is 0 Å². The van der Waals surface area contributed by atoms with Crippen LogP contribution in [0, 0.1) is 0 Å². The Morgan fingerprint density at radius 1 is 1.23 bits per heavy atom. The van der Waals surface area contributed by atoms with Crippen LogP contribution in [0.15, 0.2) is 4.99 Å². The molecule has 0 aromatic carbocycles. The van der Waals surface area contributed by atoms with Crippen LogP contribution in [0.3, 0.4) is 0 Å². The standard InChI is InChI=1S/C7H15N3O2.H2O/c8-7(9)10-5-3-1-2-4-6(11)12;/h1-5H2,(H,11,12)(H4,8,9,10);1H2. The van der Waals surface area contributed by atoms with E-state index < -0.39 is 5.97 Å². The maximum absolute atomic E-state index is 10.1. The SMILES string of the molecule is NC(N)=NCCCCCC(=O)O.O. The lowest BCUT2D eigenvalue weighted by Crippen LogP contribution is -2.22. The summed E-state index contributed by atoms with van der Waals surface area (Å²) < 4.78 is 0. The van der Waals surface area contributed by atoms with Crippen molar-refractivity contribution in [1.82, 2.24) is 0 Å². The molecule has 0 atom stereocenters. The van der Waals surface area contributed by atoms with E-state index in [0.717, 1.165) is 12.8 Å². The molecule has 7 N–H and O–H groups in total. The van der Waals surface area contributed by atoms with E-state index in [0.29, 0.717) is 13.0 Å². The first-order valence-corrected chi connectivity index (χ1v) is 3.90. The first-order chi connectivity index (χ1) is 5.63. The molecule has 0 aliphatic heterocycles. The van der Waals surface area contributed by atoms with Gasteiger partial charge in [0.05, 0.1) is 0 Å². The number of hydrogen-bond donors (Lipinski definition) is 3. The van der Waals surface area contributed by atoms with Gasteiger partial charge < -0.3 is 22.1 Å². The predicted molar refractivity (Wildman–Crippen MR) is 50.4 cm³/mol. The Hall–Kier alpha value is -1.30. The lowest BCUT2D eigenvalue weighted by molar-refractivity contribution is -0.137. The van der Waals surface area contributed by atoms with Crippen LogP contribution in [0.1, 0.15) is 25.7 Å². The Bertz CT molecular complexity index is 166. The monoisotopic (exact) mass is 191 g/mol. The number of carbonyl (C=O) groups is 1. The van der Waals surface area contributed by atoms with Crippen LogP contribution in [0.5, 0.6) is 0 Å². The molecule has 0 aromatic rings. The van der Waals surface area contributed by atoms with Crippen LogP contribution in [0.25, 0.3) is 0 Å². The van der Waals surface area contributed by atoms with E-state index in [1.807, 2.05) is 0 Å². The molecule has 0 aliphatic rings. The predicted octanol–water partition coefficient (Wildman–Crippen LogP) is -0.920. The number of guanidine groups is 1. The summed E-state index contributed by atoms with van der Waals surface area (Å²) in [6.07, 6.45) is 2.60. The quantitative estimate of drug-likeness (QED) is 0.284. The summed E-state index contributed by atoms with van der Waals surface area (Å²) in [6, 6.07) is 0. The average molecular weight is 191 g/mol. The van der Waals surface area contributed by atoms with Gasteiger partial charge in [0.2, 0.25) is 0 Å². The van der Waals surface area contributed by atoms with E-state index in [-0.39, 0.29) is 17.9 Å². The molecule has 0 amide bonds. The largest absolute Gasteiger partial charge is 0.481 e. The molecular weight excluding hydrogens is 174 g/mol. The van der Waals surface area contributed by atoms with E-state index in [9.17, 15) is 4.79 Å². The Labute approximate surface area is 76.9 Å². The molecule has 0 aliphatic carbocycles. The molecule has 0 spiro atoms. The molecule has 6 nitrogen and oxygen atoms in total. The Morgan fingerprint density at radius 3 is 2.31 bits per heavy atom. The zero-order valence-corrected chi connectivity index (χ0v) is 7.49. The summed E-state index contributed by atoms with van der Waals surface area (Å²) in [4.78, 5) is 13.8. The van der Waals surface area contributed by atoms with Crippen LogP contribution < -0.4 is 11.5 Å². The molecule has 0 saturated heterocycles. The summed E-state index contributed by atoms with van der Waals surface area (Å²) in [5.74, 6) is -0.662. The fourth-order valence-electron chi connectivity index (χ4n) is 0.773. The maximum atomic E-state index is 10.1. The van der Waals surface area contributed by atoms with Crippen LogP contribution in [0.2, 0.25) is 0 Å². The number of aliphatic carboxylic acids is 1. The Balaban J connectivity index is 0. The second-order valence-corrected chi connectivity index (χ2v) is 2.51. The zero-order chi connectivity index (χ0) is 9.40. The average Bonchev–Trinajstić information content (AvgIpc) is 1.95. The van der Waals surface area contributed by atoms with Gasteiger partial charge in [-0.2, -0.15) is 0 Å². The van der Waals surface area contributed by atoms with Crippen molar-refractivity contribution in [2.24, 2.45) is 16.5 Å². The van der Waals surface area contributed by atoms with Crippen molar-refractivity contribution < 1.29 is 15.4 Å². The highest BCUT2D eigenvalue weighted by molar-refractivity contribution is 5.75. The topological polar surface area (TPSA) is 133 Å². The first-order valence-electron chi connectivity index (χ1n) is 3.90. The van der Waals surface area contributed by atoms with Gasteiger partial charge >= 0.3 is 5.97 Å². The number of nitrogens with zero attached hydrogens (tertiary/aromatic N) is 1. The maximum Gasteiger partial charge on any atom is 0.303 e. The van der Waals surface area contributed by atoms with Gasteiger partial charge in [-0.1, -0.05) is 6.42 Å². The van der Waals surface area contributed by atoms with Gasteiger partial charge in [0.1, 0.15) is 0 Å². The van der Waals surface area contributed by atoms with Gasteiger partial charge in [0.25, 0.3) is 0 Å². The molecule has 13 heavy (non-hydrogen) atoms. The summed E-state index contributed by atoms with van der Waals surface area (Å²) in [6.45, 7) is 0.585. The Morgan fingerprint density at radius 2 is 1.85 bits per heavy atom. The minimum atomic E-state index is -0.753. The van der Waals surface area contributed by atoms with E-state index in [1.54, 1.807) is 0 Å². The van der Waals surface area contributed by atoms with Gasteiger partial charge in [0.15, 0.2) is 5.96 Å². The summed E-state index contributed by atoms with van der Waals surface area (Å²) >= 11 is 0. The summed E-state index contributed by atoms with van der Waals surface area (Å²) in [5.41, 5.74) is 10.2. The van der Waals surface area contributed by atoms with E-state index in [2.05, 4.69) is 4.99 Å². The number of nitrogens with two attached hydrogens (primary N) is 2. The molecule has 0 saturated carbocycles. The summed E-state index contributed by atoms with van der Waals surface area (Å²) in [7, 11) is 0. The molecule has 0 bridgehead atoms. The number of rotatable bonds is 6. The van der Waals surface area contributed by atoms with Crippen molar-refractivity contribution in [3.63, 3.8) is 0 Å². The third-order valence-corrected chi connectivity index (χ3v) is 1.34. The van der Waals surface area contributed by atoms with Gasteiger partial charge in [0, 0.05) is 13.0 Å². The third-order valence-electron chi connectivity index (χ3n) is 1.34. The molecule has 0 radical (unpaired) electrons. The number of carboxylic acid groups (broad SMARTS) is 1. The van der Waals surface area contributed by atoms with Crippen molar-refractivity contribution in [1.29, 1.82) is 0 Å². The Kier molecular flexibility index (Phi) is 9.63. The molecule has 0 rings (SSSR count). The molecular formula is C7H17N3O3. The van der Waals surface area contributed by atoms with E-state index in [1.165, 1.54) is 0 Å². The van der Waals surface area contributed by atoms with Crippen molar-refractivity contribution in [2.45, 2.75) is 25.7 Å². The minimum Gasteiger partial charge on any atom is -0.481 e. The van der Waals surface area contributed by atoms with E-state index >= 15 is 0 Å². The fraction of sp³-hybridized carbons (Fsp3) is 0.714. The smallest absolute Gasteiger partial charge is 0.303 e. The van der Waals surface area contributed by atoms with Crippen molar-refractivity contribution in [3.8, 4) is 0 Å². The number of hydrogen-bond acceptors (Lipinski definition) is 2. The normalized spacial score (nSPS) is 8.62. The van der Waals surface area contributed by atoms with Crippen molar-refractivity contribution in [3.05, 3.63) is 0 Å². The minimum absolute atomic E-state index is 0. The van der Waals surface area contributed by atoms with Gasteiger partial charge in [-0.15, -0.1) is 0 Å². The van der Waals surface area contributed by atoms with E-state index in [4.69, 9.17) is 16.6 Å². The highest BCUT2D eigenvalue weighted by Gasteiger charge is 1.95. The van der Waals surface area contributed by atoms with Gasteiger partial charge in [-0.05, 0) is 12.8 Å². The van der Waals surface area contributed by atoms with Gasteiger partial charge in [-0.3, -0.25) is 9.79 Å². The second kappa shape index (κ2) is 8.79. The van der Waals surface area contributed by atoms with Crippen molar-refractivity contribution in [2.75, 3.05) is 6.54 Å². The number of aliphatic imine (C=N–C) groups is 1.